The predicted octanol–water partition coefficient (Wildman–Crippen LogP) is 0.988. The number of methoxy groups -OCH3 is 1. The van der Waals surface area contributed by atoms with Crippen molar-refractivity contribution in [2.24, 2.45) is 0 Å². The summed E-state index contributed by atoms with van der Waals surface area (Å²) in [5.41, 5.74) is 0. The maximum atomic E-state index is 10.9. The minimum atomic E-state index is -0.100. The van der Waals surface area contributed by atoms with Crippen molar-refractivity contribution in [1.29, 1.82) is 0 Å². The molecule has 1 heterocycles. The second-order valence-electron chi connectivity index (χ2n) is 3.13. The molecule has 0 unspecified atom stereocenters. The number of carbonyl (C=O) groups excluding carboxylic acids is 1. The molecule has 0 N–H and O–H groups in total. The number of rotatable bonds is 3. The molecule has 0 radical (unpaired) electrons. The summed E-state index contributed by atoms with van der Waals surface area (Å²) in [6.07, 6.45) is 1.77. The number of esters is 1. The van der Waals surface area contributed by atoms with E-state index in [-0.39, 0.29) is 5.97 Å². The average Bonchev–Trinajstić information content (AvgIpc) is 2.42. The van der Waals surface area contributed by atoms with Gasteiger partial charge in [-0.15, -0.1) is 0 Å². The molecule has 0 bridgehead atoms. The van der Waals surface area contributed by atoms with Crippen LogP contribution in [0.3, 0.4) is 0 Å². The Hall–Kier alpha value is -0.220. The van der Waals surface area contributed by atoms with Gasteiger partial charge in [0.1, 0.15) is 0 Å². The van der Waals surface area contributed by atoms with Crippen LogP contribution in [0.1, 0.15) is 12.8 Å². The van der Waals surface area contributed by atoms with Crippen molar-refractivity contribution in [1.82, 2.24) is 4.90 Å². The van der Waals surface area contributed by atoms with Gasteiger partial charge in [0.05, 0.1) is 13.5 Å². The Morgan fingerprint density at radius 2 is 2.31 bits per heavy atom. The third-order valence-electron chi connectivity index (χ3n) is 2.17. The van der Waals surface area contributed by atoms with E-state index in [1.54, 1.807) is 0 Å². The summed E-state index contributed by atoms with van der Waals surface area (Å²) in [6, 6.07) is 0. The van der Waals surface area contributed by atoms with E-state index in [4.69, 9.17) is 0 Å². The molecule has 1 aliphatic rings. The average molecular weight is 203 g/mol. The lowest BCUT2D eigenvalue weighted by Crippen LogP contribution is -2.28. The minimum Gasteiger partial charge on any atom is -0.469 e. The van der Waals surface area contributed by atoms with Crippen molar-refractivity contribution >= 4 is 17.7 Å². The fourth-order valence-corrected chi connectivity index (χ4v) is 2.30. The maximum Gasteiger partial charge on any atom is 0.306 e. The summed E-state index contributed by atoms with van der Waals surface area (Å²) < 4.78 is 4.60. The zero-order valence-corrected chi connectivity index (χ0v) is 8.94. The zero-order chi connectivity index (χ0) is 9.52. The summed E-state index contributed by atoms with van der Waals surface area (Å²) in [4.78, 5) is 13.2. The highest BCUT2D eigenvalue weighted by atomic mass is 32.2. The number of thioether (sulfide) groups is 1. The van der Waals surface area contributed by atoms with Gasteiger partial charge in [0, 0.05) is 18.8 Å². The first-order valence-corrected chi connectivity index (χ1v) is 5.85. The fraction of sp³-hybridized carbons (Fsp3) is 0.889. The molecular formula is C9H17NO2S. The van der Waals surface area contributed by atoms with Crippen molar-refractivity contribution in [3.63, 3.8) is 0 Å². The van der Waals surface area contributed by atoms with Crippen LogP contribution < -0.4 is 0 Å². The van der Waals surface area contributed by atoms with E-state index >= 15 is 0 Å². The van der Waals surface area contributed by atoms with Crippen LogP contribution in [-0.2, 0) is 9.53 Å². The van der Waals surface area contributed by atoms with Crippen LogP contribution in [0.5, 0.6) is 0 Å². The summed E-state index contributed by atoms with van der Waals surface area (Å²) in [5, 5.41) is 0. The number of hydrogen-bond acceptors (Lipinski definition) is 4. The molecule has 13 heavy (non-hydrogen) atoms. The van der Waals surface area contributed by atoms with Gasteiger partial charge in [-0.05, 0) is 18.7 Å². The Morgan fingerprint density at radius 1 is 1.46 bits per heavy atom. The minimum absolute atomic E-state index is 0.100. The smallest absolute Gasteiger partial charge is 0.306 e. The molecule has 0 aliphatic carbocycles. The molecule has 1 fully saturated rings. The first kappa shape index (κ1) is 10.9. The molecule has 0 atom stereocenters. The Labute approximate surface area is 83.8 Å². The highest BCUT2D eigenvalue weighted by molar-refractivity contribution is 7.99. The van der Waals surface area contributed by atoms with Gasteiger partial charge in [0.2, 0.25) is 0 Å². The van der Waals surface area contributed by atoms with E-state index in [9.17, 15) is 4.79 Å². The Morgan fingerprint density at radius 3 is 3.08 bits per heavy atom. The van der Waals surface area contributed by atoms with Gasteiger partial charge < -0.3 is 9.64 Å². The predicted molar refractivity (Wildman–Crippen MR) is 55.0 cm³/mol. The SMILES string of the molecule is COC(=O)CCN1CCCSCC1. The lowest BCUT2D eigenvalue weighted by Gasteiger charge is -2.18. The van der Waals surface area contributed by atoms with E-state index in [0.717, 1.165) is 19.6 Å². The van der Waals surface area contributed by atoms with Gasteiger partial charge in [-0.2, -0.15) is 11.8 Å². The molecule has 1 rings (SSSR count). The van der Waals surface area contributed by atoms with Gasteiger partial charge in [-0.3, -0.25) is 4.79 Å². The van der Waals surface area contributed by atoms with Crippen molar-refractivity contribution in [2.45, 2.75) is 12.8 Å². The van der Waals surface area contributed by atoms with Crippen LogP contribution in [0, 0.1) is 0 Å². The normalized spacial score (nSPS) is 19.5. The molecule has 1 aliphatic heterocycles. The quantitative estimate of drug-likeness (QED) is 0.640. The van der Waals surface area contributed by atoms with E-state index in [1.807, 2.05) is 11.8 Å². The van der Waals surface area contributed by atoms with Crippen LogP contribution in [-0.4, -0.2) is 49.1 Å². The van der Waals surface area contributed by atoms with E-state index in [1.165, 1.54) is 25.0 Å². The molecule has 0 aromatic rings. The summed E-state index contributed by atoms with van der Waals surface area (Å²) in [7, 11) is 1.45. The first-order valence-electron chi connectivity index (χ1n) is 4.70. The van der Waals surface area contributed by atoms with Crippen molar-refractivity contribution in [3.05, 3.63) is 0 Å². The summed E-state index contributed by atoms with van der Waals surface area (Å²) in [5.74, 6) is 2.35. The largest absolute Gasteiger partial charge is 0.469 e. The number of ether oxygens (including phenoxy) is 1. The monoisotopic (exact) mass is 203 g/mol. The lowest BCUT2D eigenvalue weighted by atomic mass is 10.3. The molecule has 1 saturated heterocycles. The third kappa shape index (κ3) is 4.52. The molecule has 0 aromatic carbocycles. The topological polar surface area (TPSA) is 29.5 Å². The van der Waals surface area contributed by atoms with Crippen molar-refractivity contribution < 1.29 is 9.53 Å². The Balaban J connectivity index is 2.15. The van der Waals surface area contributed by atoms with Crippen LogP contribution in [0.4, 0.5) is 0 Å². The van der Waals surface area contributed by atoms with E-state index in [0.29, 0.717) is 6.42 Å². The summed E-state index contributed by atoms with van der Waals surface area (Å²) in [6.45, 7) is 3.10. The Kier molecular flexibility index (Phi) is 5.23. The highest BCUT2D eigenvalue weighted by Crippen LogP contribution is 2.09. The molecule has 3 nitrogen and oxygen atoms in total. The number of hydrogen-bond donors (Lipinski definition) is 0. The zero-order valence-electron chi connectivity index (χ0n) is 8.12. The molecule has 76 valence electrons. The van der Waals surface area contributed by atoms with Crippen molar-refractivity contribution in [3.8, 4) is 0 Å². The molecule has 4 heteroatoms. The molecule has 0 aromatic heterocycles. The van der Waals surface area contributed by atoms with Gasteiger partial charge in [-0.1, -0.05) is 0 Å². The molecular weight excluding hydrogens is 186 g/mol. The first-order chi connectivity index (χ1) is 6.33. The van der Waals surface area contributed by atoms with Gasteiger partial charge >= 0.3 is 5.97 Å². The molecule has 0 spiro atoms. The second-order valence-corrected chi connectivity index (χ2v) is 4.36. The van der Waals surface area contributed by atoms with Gasteiger partial charge in [0.25, 0.3) is 0 Å². The Bertz CT molecular complexity index is 156. The number of carbonyl (C=O) groups is 1. The molecule has 0 amide bonds. The van der Waals surface area contributed by atoms with Crippen LogP contribution in [0.25, 0.3) is 0 Å². The van der Waals surface area contributed by atoms with Crippen LogP contribution >= 0.6 is 11.8 Å². The second kappa shape index (κ2) is 6.27. The molecule has 0 saturated carbocycles. The highest BCUT2D eigenvalue weighted by Gasteiger charge is 2.10. The third-order valence-corrected chi connectivity index (χ3v) is 3.22. The standard InChI is InChI=1S/C9H17NO2S/c1-12-9(11)3-5-10-4-2-7-13-8-6-10/h2-8H2,1H3. The van der Waals surface area contributed by atoms with Crippen LogP contribution in [0.2, 0.25) is 0 Å². The van der Waals surface area contributed by atoms with E-state index < -0.39 is 0 Å². The number of nitrogens with zero attached hydrogens (tertiary/aromatic N) is 1. The van der Waals surface area contributed by atoms with Crippen molar-refractivity contribution in [2.75, 3.05) is 38.2 Å². The lowest BCUT2D eigenvalue weighted by molar-refractivity contribution is -0.140. The van der Waals surface area contributed by atoms with E-state index in [2.05, 4.69) is 9.64 Å². The summed E-state index contributed by atoms with van der Waals surface area (Å²) >= 11 is 2.00. The fourth-order valence-electron chi connectivity index (χ4n) is 1.37. The van der Waals surface area contributed by atoms with Gasteiger partial charge in [-0.25, -0.2) is 0 Å². The van der Waals surface area contributed by atoms with Gasteiger partial charge in [0.15, 0.2) is 0 Å². The van der Waals surface area contributed by atoms with Crippen LogP contribution in [0.15, 0.2) is 0 Å². The maximum absolute atomic E-state index is 10.9.